The van der Waals surface area contributed by atoms with Gasteiger partial charge in [-0.05, 0) is 51.1 Å². The Morgan fingerprint density at radius 1 is 1.10 bits per heavy atom. The number of carbonyl (C=O) groups excluding carboxylic acids is 2. The van der Waals surface area contributed by atoms with E-state index in [-0.39, 0.29) is 5.56 Å². The second-order valence-corrected chi connectivity index (χ2v) is 8.15. The van der Waals surface area contributed by atoms with E-state index in [0.29, 0.717) is 38.7 Å². The summed E-state index contributed by atoms with van der Waals surface area (Å²) in [5.41, 5.74) is 7.52. The molecular weight excluding hydrogens is 420 g/mol. The molecule has 31 heavy (non-hydrogen) atoms. The molecule has 0 radical (unpaired) electrons. The van der Waals surface area contributed by atoms with Crippen LogP contribution in [0.25, 0.3) is 10.9 Å². The number of benzene rings is 2. The van der Waals surface area contributed by atoms with Crippen LogP contribution in [-0.2, 0) is 4.74 Å². The Bertz CT molecular complexity index is 1160. The first-order chi connectivity index (χ1) is 14.6. The number of nitrogens with two attached hydrogens (primary N) is 1. The molecule has 162 valence electrons. The van der Waals surface area contributed by atoms with Crippen LogP contribution in [-0.4, -0.2) is 29.7 Å². The fourth-order valence-electron chi connectivity index (χ4n) is 2.91. The van der Waals surface area contributed by atoms with Gasteiger partial charge in [-0.3, -0.25) is 15.1 Å². The van der Waals surface area contributed by atoms with Gasteiger partial charge in [0.05, 0.1) is 28.9 Å². The van der Waals surface area contributed by atoms with E-state index < -0.39 is 17.6 Å². The monoisotopic (exact) mass is 442 g/mol. The summed E-state index contributed by atoms with van der Waals surface area (Å²) in [5, 5.41) is 6.88. The normalized spacial score (nSPS) is 11.1. The number of amides is 2. The largest absolute Gasteiger partial charge is 0.496 e. The maximum absolute atomic E-state index is 12.0. The maximum Gasteiger partial charge on any atom is 0.412 e. The van der Waals surface area contributed by atoms with Gasteiger partial charge in [0.1, 0.15) is 11.4 Å². The SMILES string of the molecule is COc1cc2nccc(Nc3ccc(NC(=O)OC(C)(C)C)c(Cl)c3)c2cc1C(N)=O. The van der Waals surface area contributed by atoms with E-state index in [4.69, 9.17) is 26.8 Å². The fourth-order valence-corrected chi connectivity index (χ4v) is 3.14. The molecule has 8 nitrogen and oxygen atoms in total. The third kappa shape index (κ3) is 5.35. The van der Waals surface area contributed by atoms with Gasteiger partial charge in [0.15, 0.2) is 0 Å². The van der Waals surface area contributed by atoms with Crippen LogP contribution in [0, 0.1) is 0 Å². The Morgan fingerprint density at radius 2 is 1.84 bits per heavy atom. The zero-order chi connectivity index (χ0) is 22.8. The third-order valence-corrected chi connectivity index (χ3v) is 4.52. The van der Waals surface area contributed by atoms with Crippen molar-refractivity contribution in [1.29, 1.82) is 0 Å². The van der Waals surface area contributed by atoms with Crippen LogP contribution in [0.4, 0.5) is 21.9 Å². The Balaban J connectivity index is 1.89. The number of hydrogen-bond donors (Lipinski definition) is 3. The van der Waals surface area contributed by atoms with Crippen LogP contribution in [0.2, 0.25) is 5.02 Å². The third-order valence-electron chi connectivity index (χ3n) is 4.21. The van der Waals surface area contributed by atoms with Gasteiger partial charge in [0, 0.05) is 29.0 Å². The molecule has 9 heteroatoms. The number of carbonyl (C=O) groups is 2. The maximum atomic E-state index is 12.0. The van der Waals surface area contributed by atoms with Crippen LogP contribution >= 0.6 is 11.6 Å². The molecule has 2 amide bonds. The number of primary amides is 1. The van der Waals surface area contributed by atoms with Crippen LogP contribution in [0.15, 0.2) is 42.6 Å². The molecule has 4 N–H and O–H groups in total. The lowest BCUT2D eigenvalue weighted by atomic mass is 10.1. The summed E-state index contributed by atoms with van der Waals surface area (Å²) in [6, 6.07) is 10.1. The van der Waals surface area contributed by atoms with Crippen molar-refractivity contribution in [2.75, 3.05) is 17.7 Å². The molecule has 0 spiro atoms. The van der Waals surface area contributed by atoms with Gasteiger partial charge in [-0.2, -0.15) is 0 Å². The summed E-state index contributed by atoms with van der Waals surface area (Å²) in [4.78, 5) is 28.1. The summed E-state index contributed by atoms with van der Waals surface area (Å²) in [7, 11) is 1.46. The van der Waals surface area contributed by atoms with Crippen molar-refractivity contribution in [3.8, 4) is 5.75 Å². The predicted molar refractivity (Wildman–Crippen MR) is 121 cm³/mol. The highest BCUT2D eigenvalue weighted by molar-refractivity contribution is 6.34. The number of methoxy groups -OCH3 is 1. The standard InChI is InChI=1S/C22H23ClN4O4/c1-22(2,3)31-21(29)27-17-6-5-12(9-15(17)23)26-16-7-8-25-18-11-19(30-4)14(20(24)28)10-13(16)18/h5-11H,1-4H3,(H2,24,28)(H,25,26)(H,27,29). The van der Waals surface area contributed by atoms with Crippen molar-refractivity contribution in [1.82, 2.24) is 4.98 Å². The van der Waals surface area contributed by atoms with Crippen molar-refractivity contribution < 1.29 is 19.1 Å². The summed E-state index contributed by atoms with van der Waals surface area (Å²) in [6.45, 7) is 5.33. The lowest BCUT2D eigenvalue weighted by Gasteiger charge is -2.20. The molecule has 0 fully saturated rings. The number of ether oxygens (including phenoxy) is 2. The number of pyridine rings is 1. The summed E-state index contributed by atoms with van der Waals surface area (Å²) < 4.78 is 10.5. The Kier molecular flexibility index (Phi) is 6.21. The van der Waals surface area contributed by atoms with Crippen LogP contribution < -0.4 is 21.1 Å². The van der Waals surface area contributed by atoms with Gasteiger partial charge < -0.3 is 20.5 Å². The molecule has 0 unspecified atom stereocenters. The van der Waals surface area contributed by atoms with Crippen molar-refractivity contribution in [2.24, 2.45) is 5.73 Å². The molecule has 2 aromatic carbocycles. The van der Waals surface area contributed by atoms with E-state index in [2.05, 4.69) is 15.6 Å². The Hall–Kier alpha value is -3.52. The van der Waals surface area contributed by atoms with E-state index in [0.717, 1.165) is 0 Å². The number of fused-ring (bicyclic) bond motifs is 1. The van der Waals surface area contributed by atoms with E-state index in [9.17, 15) is 9.59 Å². The molecule has 3 rings (SSSR count). The first-order valence-electron chi connectivity index (χ1n) is 9.40. The Morgan fingerprint density at radius 3 is 2.45 bits per heavy atom. The van der Waals surface area contributed by atoms with E-state index in [1.807, 2.05) is 0 Å². The smallest absolute Gasteiger partial charge is 0.412 e. The van der Waals surface area contributed by atoms with Gasteiger partial charge in [0.25, 0.3) is 5.91 Å². The minimum Gasteiger partial charge on any atom is -0.496 e. The molecule has 0 bridgehead atoms. The number of nitrogens with zero attached hydrogens (tertiary/aromatic N) is 1. The molecule has 1 heterocycles. The van der Waals surface area contributed by atoms with Gasteiger partial charge in [-0.15, -0.1) is 0 Å². The van der Waals surface area contributed by atoms with Gasteiger partial charge >= 0.3 is 6.09 Å². The highest BCUT2D eigenvalue weighted by atomic mass is 35.5. The first-order valence-corrected chi connectivity index (χ1v) is 9.78. The average Bonchev–Trinajstić information content (AvgIpc) is 2.67. The quantitative estimate of drug-likeness (QED) is 0.507. The number of aromatic nitrogens is 1. The highest BCUT2D eigenvalue weighted by Gasteiger charge is 2.17. The zero-order valence-corrected chi connectivity index (χ0v) is 18.3. The average molecular weight is 443 g/mol. The van der Waals surface area contributed by atoms with Gasteiger partial charge in [-0.25, -0.2) is 4.79 Å². The molecule has 1 aromatic heterocycles. The number of rotatable bonds is 5. The minimum atomic E-state index is -0.618. The summed E-state index contributed by atoms with van der Waals surface area (Å²) in [5.74, 6) is -0.251. The van der Waals surface area contributed by atoms with Gasteiger partial charge in [0.2, 0.25) is 0 Å². The number of halogens is 1. The van der Waals surface area contributed by atoms with Crippen LogP contribution in [0.3, 0.4) is 0 Å². The summed E-state index contributed by atoms with van der Waals surface area (Å²) in [6.07, 6.45) is 1.04. The van der Waals surface area contributed by atoms with Gasteiger partial charge in [-0.1, -0.05) is 11.6 Å². The summed E-state index contributed by atoms with van der Waals surface area (Å²) >= 11 is 6.34. The molecule has 0 atom stereocenters. The molecule has 0 saturated carbocycles. The van der Waals surface area contributed by atoms with Crippen molar-refractivity contribution in [2.45, 2.75) is 26.4 Å². The molecule has 0 saturated heterocycles. The van der Waals surface area contributed by atoms with Crippen molar-refractivity contribution >= 4 is 51.6 Å². The minimum absolute atomic E-state index is 0.251. The lowest BCUT2D eigenvalue weighted by molar-refractivity contribution is 0.0635. The molecule has 0 aliphatic carbocycles. The van der Waals surface area contributed by atoms with E-state index in [1.54, 1.807) is 63.4 Å². The van der Waals surface area contributed by atoms with E-state index in [1.165, 1.54) is 7.11 Å². The zero-order valence-electron chi connectivity index (χ0n) is 17.6. The molecule has 0 aliphatic rings. The lowest BCUT2D eigenvalue weighted by Crippen LogP contribution is -2.27. The number of hydrogen-bond acceptors (Lipinski definition) is 6. The number of anilines is 3. The first kappa shape index (κ1) is 22.2. The highest BCUT2D eigenvalue weighted by Crippen LogP contribution is 2.33. The molecule has 3 aromatic rings. The van der Waals surface area contributed by atoms with Crippen molar-refractivity contribution in [3.05, 3.63) is 53.2 Å². The molecular formula is C22H23ClN4O4. The van der Waals surface area contributed by atoms with Crippen LogP contribution in [0.1, 0.15) is 31.1 Å². The predicted octanol–water partition coefficient (Wildman–Crippen LogP) is 5.09. The Labute approximate surface area is 184 Å². The van der Waals surface area contributed by atoms with Crippen molar-refractivity contribution in [3.63, 3.8) is 0 Å². The second-order valence-electron chi connectivity index (χ2n) is 7.74. The second kappa shape index (κ2) is 8.69. The number of nitrogens with one attached hydrogen (secondary N) is 2. The van der Waals surface area contributed by atoms with E-state index >= 15 is 0 Å². The van der Waals surface area contributed by atoms with Crippen LogP contribution in [0.5, 0.6) is 5.75 Å². The molecule has 0 aliphatic heterocycles. The topological polar surface area (TPSA) is 116 Å². The fraction of sp³-hybridized carbons (Fsp3) is 0.227.